The van der Waals surface area contributed by atoms with Crippen LogP contribution in [0.15, 0.2) is 18.2 Å². The Morgan fingerprint density at radius 1 is 1.26 bits per heavy atom. The quantitative estimate of drug-likeness (QED) is 0.387. The molecule has 0 unspecified atom stereocenters. The van der Waals surface area contributed by atoms with Crippen LogP contribution in [0.4, 0.5) is 0 Å². The van der Waals surface area contributed by atoms with Gasteiger partial charge in [-0.2, -0.15) is 0 Å². The summed E-state index contributed by atoms with van der Waals surface area (Å²) in [5.41, 5.74) is 8.21. The number of fused-ring (bicyclic) bond motifs is 1. The zero-order valence-corrected chi connectivity index (χ0v) is 13.5. The van der Waals surface area contributed by atoms with Gasteiger partial charge in [-0.05, 0) is 67.7 Å². The van der Waals surface area contributed by atoms with Crippen LogP contribution in [0.2, 0.25) is 0 Å². The number of guanidine groups is 1. The van der Waals surface area contributed by atoms with Gasteiger partial charge < -0.3 is 15.4 Å². The molecule has 1 aromatic rings. The van der Waals surface area contributed by atoms with Gasteiger partial charge in [-0.25, -0.2) is 0 Å². The molecule has 1 saturated heterocycles. The second-order valence-electron chi connectivity index (χ2n) is 6.61. The molecule has 0 spiro atoms. The molecule has 1 aromatic carbocycles. The third kappa shape index (κ3) is 4.03. The first kappa shape index (κ1) is 15.8. The maximum atomic E-state index is 12.0. The van der Waals surface area contributed by atoms with Crippen molar-refractivity contribution >= 4 is 11.9 Å². The molecule has 0 bridgehead atoms. The van der Waals surface area contributed by atoms with Crippen molar-refractivity contribution in [2.75, 3.05) is 13.1 Å². The Labute approximate surface area is 137 Å². The lowest BCUT2D eigenvalue weighted by Crippen LogP contribution is -2.42. The first-order valence-corrected chi connectivity index (χ1v) is 8.53. The molecule has 23 heavy (non-hydrogen) atoms. The molecule has 0 saturated carbocycles. The number of piperidine rings is 1. The van der Waals surface area contributed by atoms with Crippen molar-refractivity contribution in [3.05, 3.63) is 29.3 Å². The first-order valence-electron chi connectivity index (χ1n) is 8.53. The molecule has 1 aliphatic heterocycles. The Morgan fingerprint density at radius 3 is 2.74 bits per heavy atom. The number of likely N-dealkylation sites (tertiary alicyclic amines) is 1. The van der Waals surface area contributed by atoms with Crippen LogP contribution in [-0.2, 0) is 17.6 Å². The van der Waals surface area contributed by atoms with E-state index in [1.807, 2.05) is 17.0 Å². The van der Waals surface area contributed by atoms with Gasteiger partial charge in [0, 0.05) is 19.5 Å². The number of ether oxygens (including phenoxy) is 1. The van der Waals surface area contributed by atoms with Gasteiger partial charge in [0.1, 0.15) is 5.75 Å². The number of nitrogens with one attached hydrogen (secondary N) is 1. The summed E-state index contributed by atoms with van der Waals surface area (Å²) < 4.78 is 5.49. The fraction of sp³-hybridized carbons (Fsp3) is 0.556. The lowest BCUT2D eigenvalue weighted by atomic mass is 9.92. The van der Waals surface area contributed by atoms with Crippen molar-refractivity contribution in [3.63, 3.8) is 0 Å². The number of rotatable bonds is 4. The average Bonchev–Trinajstić information content (AvgIpc) is 3.01. The number of carbonyl (C=O) groups excluding carboxylic acids is 1. The standard InChI is InChI=1S/C18H25N3O2/c19-18(20)21-10-8-13(9-11-21)4-7-17(22)23-16-6-5-14-2-1-3-15(14)12-16/h5-6,12-13H,1-4,7-11H2,(H3,19,20). The molecule has 0 atom stereocenters. The minimum absolute atomic E-state index is 0.142. The van der Waals surface area contributed by atoms with Gasteiger partial charge in [-0.1, -0.05) is 6.07 Å². The van der Waals surface area contributed by atoms with E-state index in [4.69, 9.17) is 15.9 Å². The summed E-state index contributed by atoms with van der Waals surface area (Å²) in [4.78, 5) is 13.9. The number of aryl methyl sites for hydroxylation is 2. The second kappa shape index (κ2) is 7.02. The predicted octanol–water partition coefficient (Wildman–Crippen LogP) is 2.47. The van der Waals surface area contributed by atoms with Crippen LogP contribution in [0.5, 0.6) is 5.75 Å². The van der Waals surface area contributed by atoms with Gasteiger partial charge in [-0.15, -0.1) is 0 Å². The van der Waals surface area contributed by atoms with Gasteiger partial charge in [0.25, 0.3) is 0 Å². The van der Waals surface area contributed by atoms with E-state index in [1.54, 1.807) is 0 Å². The molecule has 1 fully saturated rings. The minimum atomic E-state index is -0.142. The number of nitrogens with zero attached hydrogens (tertiary/aromatic N) is 1. The number of benzene rings is 1. The largest absolute Gasteiger partial charge is 0.427 e. The summed E-state index contributed by atoms with van der Waals surface area (Å²) in [6.45, 7) is 1.64. The lowest BCUT2D eigenvalue weighted by molar-refractivity contribution is -0.134. The topological polar surface area (TPSA) is 79.4 Å². The predicted molar refractivity (Wildman–Crippen MR) is 89.5 cm³/mol. The summed E-state index contributed by atoms with van der Waals surface area (Å²) in [7, 11) is 0. The lowest BCUT2D eigenvalue weighted by Gasteiger charge is -2.31. The highest BCUT2D eigenvalue weighted by atomic mass is 16.5. The molecular formula is C18H25N3O2. The zero-order valence-electron chi connectivity index (χ0n) is 13.5. The van der Waals surface area contributed by atoms with E-state index < -0.39 is 0 Å². The van der Waals surface area contributed by atoms with Gasteiger partial charge in [0.15, 0.2) is 5.96 Å². The van der Waals surface area contributed by atoms with E-state index in [1.165, 1.54) is 17.5 Å². The molecule has 5 nitrogen and oxygen atoms in total. The van der Waals surface area contributed by atoms with E-state index in [0.717, 1.165) is 45.2 Å². The molecule has 0 radical (unpaired) electrons. The van der Waals surface area contributed by atoms with E-state index >= 15 is 0 Å². The van der Waals surface area contributed by atoms with E-state index in [9.17, 15) is 4.79 Å². The molecule has 0 amide bonds. The van der Waals surface area contributed by atoms with Crippen LogP contribution >= 0.6 is 0 Å². The number of carbonyl (C=O) groups is 1. The Hall–Kier alpha value is -2.04. The van der Waals surface area contributed by atoms with Gasteiger partial charge in [0.05, 0.1) is 0 Å². The second-order valence-corrected chi connectivity index (χ2v) is 6.61. The summed E-state index contributed by atoms with van der Waals surface area (Å²) >= 11 is 0. The van der Waals surface area contributed by atoms with Crippen LogP contribution in [0.3, 0.4) is 0 Å². The van der Waals surface area contributed by atoms with Gasteiger partial charge in [-0.3, -0.25) is 10.2 Å². The smallest absolute Gasteiger partial charge is 0.311 e. The fourth-order valence-corrected chi connectivity index (χ4v) is 3.58. The van der Waals surface area contributed by atoms with Crippen molar-refractivity contribution in [1.29, 1.82) is 5.41 Å². The fourth-order valence-electron chi connectivity index (χ4n) is 3.58. The number of esters is 1. The van der Waals surface area contributed by atoms with Crippen molar-refractivity contribution < 1.29 is 9.53 Å². The number of hydrogen-bond donors (Lipinski definition) is 2. The van der Waals surface area contributed by atoms with Crippen LogP contribution in [0, 0.1) is 11.3 Å². The Bertz CT molecular complexity index is 592. The first-order chi connectivity index (χ1) is 11.1. The van der Waals surface area contributed by atoms with Crippen LogP contribution < -0.4 is 10.5 Å². The maximum Gasteiger partial charge on any atom is 0.311 e. The van der Waals surface area contributed by atoms with Crippen molar-refractivity contribution in [3.8, 4) is 5.75 Å². The van der Waals surface area contributed by atoms with E-state index in [0.29, 0.717) is 18.1 Å². The summed E-state index contributed by atoms with van der Waals surface area (Å²) in [6, 6.07) is 6.02. The highest BCUT2D eigenvalue weighted by Crippen LogP contribution is 2.27. The number of nitrogens with two attached hydrogens (primary N) is 1. The monoisotopic (exact) mass is 315 g/mol. The van der Waals surface area contributed by atoms with Crippen molar-refractivity contribution in [2.45, 2.75) is 44.9 Å². The van der Waals surface area contributed by atoms with Crippen LogP contribution in [-0.4, -0.2) is 29.9 Å². The molecule has 1 heterocycles. The molecule has 2 aliphatic rings. The molecule has 1 aliphatic carbocycles. The molecule has 0 aromatic heterocycles. The highest BCUT2D eigenvalue weighted by molar-refractivity contribution is 5.74. The molecule has 5 heteroatoms. The van der Waals surface area contributed by atoms with Crippen LogP contribution in [0.1, 0.15) is 43.2 Å². The van der Waals surface area contributed by atoms with Crippen LogP contribution in [0.25, 0.3) is 0 Å². The number of hydrogen-bond acceptors (Lipinski definition) is 3. The third-order valence-corrected chi connectivity index (χ3v) is 5.01. The van der Waals surface area contributed by atoms with Gasteiger partial charge in [0.2, 0.25) is 0 Å². The zero-order chi connectivity index (χ0) is 16.2. The average molecular weight is 315 g/mol. The summed E-state index contributed by atoms with van der Waals surface area (Å²) in [6.07, 6.45) is 6.73. The minimum Gasteiger partial charge on any atom is -0.427 e. The molecule has 3 N–H and O–H groups in total. The summed E-state index contributed by atoms with van der Waals surface area (Å²) in [5.74, 6) is 1.22. The maximum absolute atomic E-state index is 12.0. The van der Waals surface area contributed by atoms with Gasteiger partial charge >= 0.3 is 5.97 Å². The molecule has 124 valence electrons. The Morgan fingerprint density at radius 2 is 2.00 bits per heavy atom. The third-order valence-electron chi connectivity index (χ3n) is 5.01. The Balaban J connectivity index is 1.43. The normalized spacial score (nSPS) is 17.8. The van der Waals surface area contributed by atoms with Crippen molar-refractivity contribution in [1.82, 2.24) is 4.90 Å². The highest BCUT2D eigenvalue weighted by Gasteiger charge is 2.21. The SMILES string of the molecule is N=C(N)N1CCC(CCC(=O)Oc2ccc3c(c2)CCC3)CC1. The summed E-state index contributed by atoms with van der Waals surface area (Å²) in [5, 5.41) is 7.43. The van der Waals surface area contributed by atoms with E-state index in [2.05, 4.69) is 6.07 Å². The Kier molecular flexibility index (Phi) is 4.84. The van der Waals surface area contributed by atoms with Crippen molar-refractivity contribution in [2.24, 2.45) is 11.7 Å². The molecule has 3 rings (SSSR count). The van der Waals surface area contributed by atoms with E-state index in [-0.39, 0.29) is 11.9 Å². The molecular weight excluding hydrogens is 290 g/mol.